The van der Waals surface area contributed by atoms with E-state index in [1.807, 2.05) is 43.5 Å². The number of nitrogens with one attached hydrogen (secondary N) is 4. The first-order valence-electron chi connectivity index (χ1n) is 24.5. The van der Waals surface area contributed by atoms with Crippen LogP contribution in [0.5, 0.6) is 0 Å². The molecule has 67 heavy (non-hydrogen) atoms. The summed E-state index contributed by atoms with van der Waals surface area (Å²) in [6.07, 6.45) is 8.92. The third-order valence-electron chi connectivity index (χ3n) is 16.6. The summed E-state index contributed by atoms with van der Waals surface area (Å²) in [5.41, 5.74) is 12.6. The van der Waals surface area contributed by atoms with Crippen molar-refractivity contribution in [1.29, 1.82) is 0 Å². The van der Waals surface area contributed by atoms with Crippen LogP contribution < -0.4 is 32.7 Å². The number of hydrogen-bond donors (Lipinski definition) is 7. The topological polar surface area (TPSA) is 246 Å². The number of hydrogen-bond acceptors (Lipinski definition) is 9. The molecule has 0 radical (unpaired) electrons. The summed E-state index contributed by atoms with van der Waals surface area (Å²) in [4.78, 5) is 72.8. The Balaban J connectivity index is 1.10. The molecular weight excluding hydrogens is 855 g/mol. The standard InChI is InChI=1S/C51H73N7O9/c1-31(44(61)57-40(29-42(59)60)45(62)55-30-32-13-7-5-8-14-32)43(33-15-9-6-10-16-33)58-46(63)39(17-11-25-54-48(52)53)56-47(64)41-28-38-36-19-18-34-27-35(65-4)20-23-49(34,2)37(36)21-24-50(38,3)51(67-41)22-12-26-66-51/h5-10,13-16,31,34-41,43H,11-12,17-30H2,1-4H3,(H,55,62)(H,56,64)(H,57,61)(H,58,63)(H,59,60)(H4,52,53,54)/t31-,34-,35-,36+,37-,38-,39-,40-,41+,43+,49-,50-,51-/m0/s1. The summed E-state index contributed by atoms with van der Waals surface area (Å²) >= 11 is 0. The third-order valence-corrected chi connectivity index (χ3v) is 16.6. The Morgan fingerprint density at radius 1 is 0.851 bits per heavy atom. The number of nitrogens with two attached hydrogens (primary N) is 2. The first kappa shape index (κ1) is 49.8. The molecular formula is C51H73N7O9. The molecule has 5 aliphatic rings. The Kier molecular flexibility index (Phi) is 16.0. The van der Waals surface area contributed by atoms with Crippen LogP contribution >= 0.6 is 0 Å². The summed E-state index contributed by atoms with van der Waals surface area (Å²) in [6.45, 7) is 7.34. The Morgan fingerprint density at radius 2 is 1.58 bits per heavy atom. The van der Waals surface area contributed by atoms with Crippen molar-refractivity contribution in [3.63, 3.8) is 0 Å². The fourth-order valence-electron chi connectivity index (χ4n) is 12.8. The van der Waals surface area contributed by atoms with Crippen LogP contribution in [-0.2, 0) is 44.7 Å². The summed E-state index contributed by atoms with van der Waals surface area (Å²) in [7, 11) is 1.83. The number of fused-ring (bicyclic) bond motifs is 6. The number of amides is 4. The number of aliphatic imine (C=N–C) groups is 1. The van der Waals surface area contributed by atoms with Crippen LogP contribution in [0, 0.1) is 40.4 Å². The van der Waals surface area contributed by atoms with E-state index in [-0.39, 0.29) is 42.2 Å². The van der Waals surface area contributed by atoms with Gasteiger partial charge in [0.1, 0.15) is 18.2 Å². The molecule has 0 unspecified atom stereocenters. The number of carboxylic acids is 1. The van der Waals surface area contributed by atoms with Crippen LogP contribution in [0.3, 0.4) is 0 Å². The van der Waals surface area contributed by atoms with Gasteiger partial charge in [-0.15, -0.1) is 0 Å². The summed E-state index contributed by atoms with van der Waals surface area (Å²) < 4.78 is 19.4. The zero-order valence-electron chi connectivity index (χ0n) is 39.7. The normalized spacial score (nSPS) is 31.6. The molecule has 2 heterocycles. The van der Waals surface area contributed by atoms with Crippen LogP contribution in [0.25, 0.3) is 0 Å². The first-order chi connectivity index (χ1) is 32.1. The molecule has 9 N–H and O–H groups in total. The Hall–Kier alpha value is -5.06. The molecule has 1 spiro atoms. The van der Waals surface area contributed by atoms with E-state index in [1.165, 1.54) is 0 Å². The van der Waals surface area contributed by atoms with Gasteiger partial charge in [0.25, 0.3) is 0 Å². The summed E-state index contributed by atoms with van der Waals surface area (Å²) in [5.74, 6) is -3.83. The average Bonchev–Trinajstić information content (AvgIpc) is 3.80. The predicted octanol–water partition coefficient (Wildman–Crippen LogP) is 4.85. The molecule has 13 atom stereocenters. The number of carboxylic acid groups (broad SMARTS) is 1. The predicted molar refractivity (Wildman–Crippen MR) is 252 cm³/mol. The zero-order chi connectivity index (χ0) is 47.9. The minimum absolute atomic E-state index is 0.0927. The number of guanidine groups is 1. The summed E-state index contributed by atoms with van der Waals surface area (Å²) in [5, 5.41) is 21.2. The lowest BCUT2D eigenvalue weighted by Gasteiger charge is -2.66. The SMILES string of the molecule is CO[C@H]1CC[C@@]2(C)[C@@H](CC[C@@H]3[C@@H]2CC[C@@]2(C)[C@H]3C[C@H](C(=O)N[C@@H](CCCN=C(N)N)C(=O)N[C@@H](c3ccccc3)[C@H](C)C(=O)N[C@@H](CC(=O)O)C(=O)NCc3ccccc3)O[C@@]23CCCO3)C1. The van der Waals surface area contributed by atoms with Gasteiger partial charge < -0.3 is 52.1 Å². The van der Waals surface area contributed by atoms with Gasteiger partial charge in [-0.1, -0.05) is 81.4 Å². The smallest absolute Gasteiger partial charge is 0.305 e. The van der Waals surface area contributed by atoms with Crippen molar-refractivity contribution in [3.05, 3.63) is 71.8 Å². The Bertz CT molecular complexity index is 2080. The highest BCUT2D eigenvalue weighted by Gasteiger charge is 2.67. The van der Waals surface area contributed by atoms with Crippen molar-refractivity contribution in [2.24, 2.45) is 56.9 Å². The van der Waals surface area contributed by atoms with Gasteiger partial charge in [-0.05, 0) is 111 Å². The summed E-state index contributed by atoms with van der Waals surface area (Å²) in [6, 6.07) is 14.6. The van der Waals surface area contributed by atoms with E-state index in [2.05, 4.69) is 40.1 Å². The highest BCUT2D eigenvalue weighted by Crippen LogP contribution is 2.68. The monoisotopic (exact) mass is 928 g/mol. The van der Waals surface area contributed by atoms with E-state index in [9.17, 15) is 29.1 Å². The van der Waals surface area contributed by atoms with Crippen LogP contribution in [0.4, 0.5) is 0 Å². The minimum Gasteiger partial charge on any atom is -0.481 e. The van der Waals surface area contributed by atoms with E-state index < -0.39 is 72.0 Å². The van der Waals surface area contributed by atoms with Crippen LogP contribution in [0.15, 0.2) is 65.7 Å². The molecule has 7 rings (SSSR count). The van der Waals surface area contributed by atoms with Gasteiger partial charge in [-0.3, -0.25) is 29.0 Å². The first-order valence-corrected chi connectivity index (χ1v) is 24.5. The molecule has 2 saturated heterocycles. The van der Waals surface area contributed by atoms with E-state index in [1.54, 1.807) is 31.2 Å². The van der Waals surface area contributed by atoms with Crippen molar-refractivity contribution in [2.75, 3.05) is 20.3 Å². The van der Waals surface area contributed by atoms with Gasteiger partial charge in [0.15, 0.2) is 11.7 Å². The number of rotatable bonds is 18. The van der Waals surface area contributed by atoms with Crippen LogP contribution in [-0.4, -0.2) is 91.0 Å². The van der Waals surface area contributed by atoms with Gasteiger partial charge in [0, 0.05) is 32.0 Å². The van der Waals surface area contributed by atoms with Crippen molar-refractivity contribution >= 4 is 35.6 Å². The van der Waals surface area contributed by atoms with E-state index in [4.69, 9.17) is 25.7 Å². The highest BCUT2D eigenvalue weighted by molar-refractivity contribution is 5.92. The van der Waals surface area contributed by atoms with Gasteiger partial charge in [0.2, 0.25) is 23.6 Å². The lowest BCUT2D eigenvalue weighted by atomic mass is 9.42. The molecule has 2 aromatic rings. The van der Waals surface area contributed by atoms with Crippen molar-refractivity contribution in [3.8, 4) is 0 Å². The van der Waals surface area contributed by atoms with Gasteiger partial charge in [0.05, 0.1) is 31.1 Å². The van der Waals surface area contributed by atoms with Gasteiger partial charge >= 0.3 is 5.97 Å². The fourth-order valence-corrected chi connectivity index (χ4v) is 12.8. The van der Waals surface area contributed by atoms with E-state index in [0.717, 1.165) is 56.9 Å². The Labute approximate surface area is 394 Å². The molecule has 4 amide bonds. The third kappa shape index (κ3) is 11.0. The second kappa shape index (κ2) is 21.5. The molecule has 16 heteroatoms. The number of carbonyl (C=O) groups is 5. The zero-order valence-corrected chi connectivity index (χ0v) is 39.7. The minimum atomic E-state index is -1.39. The molecule has 2 aromatic carbocycles. The molecule has 366 valence electrons. The lowest BCUT2D eigenvalue weighted by molar-refractivity contribution is -0.348. The number of nitrogens with zero attached hydrogens (tertiary/aromatic N) is 1. The molecule has 5 fully saturated rings. The molecule has 3 saturated carbocycles. The number of benzene rings is 2. The van der Waals surface area contributed by atoms with Crippen LogP contribution in [0.2, 0.25) is 0 Å². The average molecular weight is 928 g/mol. The van der Waals surface area contributed by atoms with Crippen LogP contribution in [0.1, 0.15) is 121 Å². The van der Waals surface area contributed by atoms with E-state index >= 15 is 0 Å². The maximum atomic E-state index is 14.8. The second-order valence-electron chi connectivity index (χ2n) is 20.4. The van der Waals surface area contributed by atoms with Gasteiger partial charge in [-0.2, -0.15) is 0 Å². The van der Waals surface area contributed by atoms with E-state index in [0.29, 0.717) is 55.3 Å². The largest absolute Gasteiger partial charge is 0.481 e. The Morgan fingerprint density at radius 3 is 2.25 bits per heavy atom. The molecule has 2 aliphatic heterocycles. The maximum Gasteiger partial charge on any atom is 0.305 e. The maximum absolute atomic E-state index is 14.8. The van der Waals surface area contributed by atoms with Crippen molar-refractivity contribution < 1.29 is 43.3 Å². The van der Waals surface area contributed by atoms with Crippen molar-refractivity contribution in [2.45, 2.75) is 147 Å². The molecule has 0 bridgehead atoms. The fraction of sp³-hybridized carbons (Fsp3) is 0.647. The number of ether oxygens (including phenoxy) is 3. The second-order valence-corrected chi connectivity index (χ2v) is 20.4. The number of aliphatic carboxylic acids is 1. The molecule has 3 aliphatic carbocycles. The number of carbonyl (C=O) groups excluding carboxylic acids is 4. The molecule has 16 nitrogen and oxygen atoms in total. The molecule has 0 aromatic heterocycles. The highest BCUT2D eigenvalue weighted by atomic mass is 16.7. The number of methoxy groups -OCH3 is 1. The lowest BCUT2D eigenvalue weighted by Crippen LogP contribution is -2.66. The van der Waals surface area contributed by atoms with Crippen molar-refractivity contribution in [1.82, 2.24) is 21.3 Å². The van der Waals surface area contributed by atoms with Gasteiger partial charge in [-0.25, -0.2) is 0 Å². The quantitative estimate of drug-likeness (QED) is 0.0605.